The lowest BCUT2D eigenvalue weighted by molar-refractivity contribution is -0.115. The van der Waals surface area contributed by atoms with Crippen LogP contribution in [0.1, 0.15) is 30.2 Å². The lowest BCUT2D eigenvalue weighted by atomic mass is 10.1. The number of amides is 1. The van der Waals surface area contributed by atoms with Crippen LogP contribution in [0.15, 0.2) is 51.1 Å². The number of thiophene rings is 1. The Labute approximate surface area is 161 Å². The zero-order valence-corrected chi connectivity index (χ0v) is 16.5. The van der Waals surface area contributed by atoms with Crippen molar-refractivity contribution in [2.24, 2.45) is 0 Å². The molecular weight excluding hydrogens is 386 g/mol. The molecule has 2 aromatic heterocycles. The summed E-state index contributed by atoms with van der Waals surface area (Å²) < 4.78 is 29.7. The molecule has 0 atom stereocenters. The van der Waals surface area contributed by atoms with E-state index in [1.807, 2.05) is 17.5 Å². The maximum absolute atomic E-state index is 12.1. The average molecular weight is 406 g/mol. The standard InChI is InChI=1S/C18H19N3O4S2/c1-12(2)27(23,24)15-7-5-13(6-8-15)10-17-20-21-18(25-17)19-16(22)11-14-4-3-9-26-14/h3-9,12H,10-11H2,1-2H3,(H,19,21,22). The van der Waals surface area contributed by atoms with Crippen molar-refractivity contribution in [3.63, 3.8) is 0 Å². The molecule has 1 amide bonds. The zero-order valence-electron chi connectivity index (χ0n) is 14.9. The first kappa shape index (κ1) is 19.2. The molecule has 0 aliphatic heterocycles. The molecule has 0 spiro atoms. The van der Waals surface area contributed by atoms with Gasteiger partial charge in [-0.15, -0.1) is 16.4 Å². The van der Waals surface area contributed by atoms with E-state index >= 15 is 0 Å². The lowest BCUT2D eigenvalue weighted by Crippen LogP contribution is -2.13. The van der Waals surface area contributed by atoms with E-state index in [0.717, 1.165) is 10.4 Å². The Morgan fingerprint density at radius 2 is 1.93 bits per heavy atom. The van der Waals surface area contributed by atoms with Crippen LogP contribution in [0, 0.1) is 0 Å². The number of nitrogens with one attached hydrogen (secondary N) is 1. The molecule has 7 nitrogen and oxygen atoms in total. The fraction of sp³-hybridized carbons (Fsp3) is 0.278. The highest BCUT2D eigenvalue weighted by Crippen LogP contribution is 2.18. The predicted molar refractivity (Wildman–Crippen MR) is 103 cm³/mol. The summed E-state index contributed by atoms with van der Waals surface area (Å²) in [6.07, 6.45) is 0.594. The molecule has 0 saturated carbocycles. The minimum atomic E-state index is -3.30. The molecular formula is C18H19N3O4S2. The third-order valence-corrected chi connectivity index (χ3v) is 6.90. The van der Waals surface area contributed by atoms with Gasteiger partial charge in [-0.1, -0.05) is 23.3 Å². The van der Waals surface area contributed by atoms with Crippen LogP contribution in [-0.4, -0.2) is 29.8 Å². The maximum Gasteiger partial charge on any atom is 0.322 e. The second-order valence-corrected chi connectivity index (χ2v) is 9.76. The Bertz CT molecular complexity index is 1010. The highest BCUT2D eigenvalue weighted by Gasteiger charge is 2.19. The van der Waals surface area contributed by atoms with Crippen LogP contribution in [0.3, 0.4) is 0 Å². The van der Waals surface area contributed by atoms with Crippen LogP contribution >= 0.6 is 11.3 Å². The van der Waals surface area contributed by atoms with Gasteiger partial charge in [0, 0.05) is 4.88 Å². The number of anilines is 1. The van der Waals surface area contributed by atoms with Gasteiger partial charge >= 0.3 is 6.01 Å². The van der Waals surface area contributed by atoms with Gasteiger partial charge in [0.25, 0.3) is 0 Å². The molecule has 3 aromatic rings. The van der Waals surface area contributed by atoms with Crippen molar-refractivity contribution in [2.75, 3.05) is 5.32 Å². The second-order valence-electron chi connectivity index (χ2n) is 6.22. The molecule has 1 N–H and O–H groups in total. The van der Waals surface area contributed by atoms with E-state index in [0.29, 0.717) is 12.3 Å². The summed E-state index contributed by atoms with van der Waals surface area (Å²) >= 11 is 1.50. The summed E-state index contributed by atoms with van der Waals surface area (Å²) in [4.78, 5) is 13.2. The van der Waals surface area contributed by atoms with E-state index in [1.54, 1.807) is 38.1 Å². The molecule has 0 radical (unpaired) electrons. The van der Waals surface area contributed by atoms with E-state index in [-0.39, 0.29) is 23.2 Å². The number of benzene rings is 1. The number of sulfone groups is 1. The summed E-state index contributed by atoms with van der Waals surface area (Å²) in [5.74, 6) is 0.108. The van der Waals surface area contributed by atoms with E-state index in [2.05, 4.69) is 15.5 Å². The summed E-state index contributed by atoms with van der Waals surface area (Å²) in [7, 11) is -3.30. The normalized spacial score (nSPS) is 11.7. The smallest absolute Gasteiger partial charge is 0.322 e. The molecule has 9 heteroatoms. The van der Waals surface area contributed by atoms with Gasteiger partial charge in [-0.05, 0) is 43.0 Å². The Morgan fingerprint density at radius 1 is 1.19 bits per heavy atom. The minimum Gasteiger partial charge on any atom is -0.407 e. The summed E-state index contributed by atoms with van der Waals surface area (Å²) in [5.41, 5.74) is 0.831. The van der Waals surface area contributed by atoms with Gasteiger partial charge in [-0.25, -0.2) is 8.42 Å². The molecule has 142 valence electrons. The van der Waals surface area contributed by atoms with Gasteiger partial charge in [-0.3, -0.25) is 10.1 Å². The third-order valence-electron chi connectivity index (χ3n) is 3.86. The van der Waals surface area contributed by atoms with Crippen LogP contribution in [0.2, 0.25) is 0 Å². The molecule has 0 saturated heterocycles. The van der Waals surface area contributed by atoms with Crippen LogP contribution in [-0.2, 0) is 27.5 Å². The van der Waals surface area contributed by atoms with Gasteiger partial charge in [0.05, 0.1) is 23.0 Å². The molecule has 0 fully saturated rings. The number of rotatable bonds is 7. The van der Waals surface area contributed by atoms with Crippen molar-refractivity contribution in [1.82, 2.24) is 10.2 Å². The van der Waals surface area contributed by atoms with Gasteiger partial charge in [-0.2, -0.15) is 0 Å². The quantitative estimate of drug-likeness (QED) is 0.648. The van der Waals surface area contributed by atoms with Gasteiger partial charge < -0.3 is 4.42 Å². The average Bonchev–Trinajstić information content (AvgIpc) is 3.27. The first-order valence-electron chi connectivity index (χ1n) is 8.32. The van der Waals surface area contributed by atoms with Gasteiger partial charge in [0.2, 0.25) is 11.8 Å². The fourth-order valence-corrected chi connectivity index (χ4v) is 4.12. The Kier molecular flexibility index (Phi) is 5.71. The van der Waals surface area contributed by atoms with Gasteiger partial charge in [0.1, 0.15) is 0 Å². The highest BCUT2D eigenvalue weighted by molar-refractivity contribution is 7.92. The fourth-order valence-electron chi connectivity index (χ4n) is 2.35. The number of carbonyl (C=O) groups is 1. The molecule has 0 unspecified atom stereocenters. The van der Waals surface area contributed by atoms with Crippen molar-refractivity contribution in [2.45, 2.75) is 36.8 Å². The van der Waals surface area contributed by atoms with Crippen molar-refractivity contribution >= 4 is 33.1 Å². The predicted octanol–water partition coefficient (Wildman–Crippen LogP) is 3.09. The molecule has 2 heterocycles. The Balaban J connectivity index is 1.61. The summed E-state index contributed by atoms with van der Waals surface area (Å²) in [5, 5.41) is 11.7. The maximum atomic E-state index is 12.1. The minimum absolute atomic E-state index is 0.0468. The van der Waals surface area contributed by atoms with Crippen LogP contribution in [0.5, 0.6) is 0 Å². The lowest BCUT2D eigenvalue weighted by Gasteiger charge is -2.08. The monoisotopic (exact) mass is 405 g/mol. The second kappa shape index (κ2) is 8.01. The summed E-state index contributed by atoms with van der Waals surface area (Å²) in [6.45, 7) is 3.30. The first-order valence-corrected chi connectivity index (χ1v) is 10.7. The van der Waals surface area contributed by atoms with E-state index in [1.165, 1.54) is 11.3 Å². The van der Waals surface area contributed by atoms with Gasteiger partial charge in [0.15, 0.2) is 9.84 Å². The summed E-state index contributed by atoms with van der Waals surface area (Å²) in [6, 6.07) is 10.4. The number of hydrogen-bond acceptors (Lipinski definition) is 7. The van der Waals surface area contributed by atoms with Crippen molar-refractivity contribution in [3.05, 3.63) is 58.1 Å². The number of hydrogen-bond donors (Lipinski definition) is 1. The first-order chi connectivity index (χ1) is 12.8. The highest BCUT2D eigenvalue weighted by atomic mass is 32.2. The van der Waals surface area contributed by atoms with Crippen LogP contribution in [0.4, 0.5) is 6.01 Å². The van der Waals surface area contributed by atoms with E-state index in [9.17, 15) is 13.2 Å². The molecule has 0 aliphatic carbocycles. The van der Waals surface area contributed by atoms with Crippen molar-refractivity contribution in [3.8, 4) is 0 Å². The SMILES string of the molecule is CC(C)S(=O)(=O)c1ccc(Cc2nnc(NC(=O)Cc3cccs3)o2)cc1. The largest absolute Gasteiger partial charge is 0.407 e. The number of carbonyl (C=O) groups excluding carboxylic acids is 1. The Hall–Kier alpha value is -2.52. The van der Waals surface area contributed by atoms with E-state index in [4.69, 9.17) is 4.42 Å². The zero-order chi connectivity index (χ0) is 19.4. The van der Waals surface area contributed by atoms with E-state index < -0.39 is 15.1 Å². The molecule has 0 aliphatic rings. The topological polar surface area (TPSA) is 102 Å². The third kappa shape index (κ3) is 4.81. The molecule has 3 rings (SSSR count). The van der Waals surface area contributed by atoms with Crippen molar-refractivity contribution < 1.29 is 17.6 Å². The molecule has 0 bridgehead atoms. The number of nitrogens with zero attached hydrogens (tertiary/aromatic N) is 2. The number of aromatic nitrogens is 2. The molecule has 27 heavy (non-hydrogen) atoms. The molecule has 1 aromatic carbocycles. The van der Waals surface area contributed by atoms with Crippen LogP contribution in [0.25, 0.3) is 0 Å². The van der Waals surface area contributed by atoms with Crippen LogP contribution < -0.4 is 5.32 Å². The van der Waals surface area contributed by atoms with Crippen molar-refractivity contribution in [1.29, 1.82) is 0 Å². The Morgan fingerprint density at radius 3 is 2.56 bits per heavy atom.